The van der Waals surface area contributed by atoms with Crippen LogP contribution in [-0.4, -0.2) is 39.4 Å². The predicted molar refractivity (Wildman–Crippen MR) is 116 cm³/mol. The molecule has 0 bridgehead atoms. The van der Waals surface area contributed by atoms with Gasteiger partial charge >= 0.3 is 5.97 Å². The maximum absolute atomic E-state index is 12.8. The number of allylic oxidation sites excluding steroid dienone is 1. The highest BCUT2D eigenvalue weighted by molar-refractivity contribution is 5.78. The maximum Gasteiger partial charge on any atom is 0.325 e. The number of benzene rings is 1. The fourth-order valence-electron chi connectivity index (χ4n) is 3.60. The van der Waals surface area contributed by atoms with Gasteiger partial charge in [0.15, 0.2) is 0 Å². The number of hydrogen-bond donors (Lipinski definition) is 2. The molecular formula is C24H32N2O4. The monoisotopic (exact) mass is 412 g/mol. The van der Waals surface area contributed by atoms with Crippen LogP contribution in [0.15, 0.2) is 42.5 Å². The SMILES string of the molecule is C/C=C\C1CC(C(=O)OC(C)(C)C)N(NC(C)=O)C1(O)CCC#Cc1ccccc1. The zero-order valence-corrected chi connectivity index (χ0v) is 18.4. The van der Waals surface area contributed by atoms with E-state index in [9.17, 15) is 14.7 Å². The number of hydrazine groups is 1. The Labute approximate surface area is 179 Å². The third-order valence-corrected chi connectivity index (χ3v) is 4.81. The molecule has 1 fully saturated rings. The average Bonchev–Trinajstić information content (AvgIpc) is 2.91. The van der Waals surface area contributed by atoms with Crippen LogP contribution in [0.3, 0.4) is 0 Å². The van der Waals surface area contributed by atoms with Gasteiger partial charge in [0.25, 0.3) is 0 Å². The number of carbonyl (C=O) groups excluding carboxylic acids is 2. The van der Waals surface area contributed by atoms with Gasteiger partial charge in [-0.2, -0.15) is 5.01 Å². The molecule has 6 heteroatoms. The van der Waals surface area contributed by atoms with E-state index in [0.717, 1.165) is 5.56 Å². The van der Waals surface area contributed by atoms with Gasteiger partial charge in [0.1, 0.15) is 17.4 Å². The topological polar surface area (TPSA) is 78.9 Å². The minimum atomic E-state index is -1.45. The van der Waals surface area contributed by atoms with Crippen LogP contribution in [0.25, 0.3) is 0 Å². The Morgan fingerprint density at radius 3 is 2.57 bits per heavy atom. The number of aliphatic hydroxyl groups is 1. The van der Waals surface area contributed by atoms with Crippen molar-refractivity contribution in [2.75, 3.05) is 0 Å². The minimum Gasteiger partial charge on any atom is -0.459 e. The van der Waals surface area contributed by atoms with E-state index in [0.29, 0.717) is 12.8 Å². The Kier molecular flexibility index (Phi) is 7.83. The van der Waals surface area contributed by atoms with Gasteiger partial charge in [-0.05, 0) is 46.2 Å². The van der Waals surface area contributed by atoms with Crippen molar-refractivity contribution < 1.29 is 19.4 Å². The molecule has 1 aliphatic rings. The summed E-state index contributed by atoms with van der Waals surface area (Å²) in [6, 6.07) is 8.81. The molecule has 1 aromatic rings. The van der Waals surface area contributed by atoms with Crippen LogP contribution in [-0.2, 0) is 14.3 Å². The van der Waals surface area contributed by atoms with Crippen molar-refractivity contribution in [3.8, 4) is 11.8 Å². The second-order valence-electron chi connectivity index (χ2n) is 8.50. The molecule has 3 atom stereocenters. The smallest absolute Gasteiger partial charge is 0.325 e. The van der Waals surface area contributed by atoms with Crippen LogP contribution in [0.5, 0.6) is 0 Å². The summed E-state index contributed by atoms with van der Waals surface area (Å²) in [6.45, 7) is 8.58. The van der Waals surface area contributed by atoms with E-state index < -0.39 is 23.3 Å². The van der Waals surface area contributed by atoms with Gasteiger partial charge in [0, 0.05) is 31.2 Å². The molecule has 0 saturated carbocycles. The van der Waals surface area contributed by atoms with E-state index in [1.54, 1.807) is 20.8 Å². The number of esters is 1. The van der Waals surface area contributed by atoms with Crippen molar-refractivity contribution in [2.45, 2.75) is 71.2 Å². The number of carbonyl (C=O) groups is 2. The molecule has 1 aliphatic heterocycles. The summed E-state index contributed by atoms with van der Waals surface area (Å²) < 4.78 is 5.54. The summed E-state index contributed by atoms with van der Waals surface area (Å²) in [5.41, 5.74) is 1.43. The lowest BCUT2D eigenvalue weighted by Gasteiger charge is -2.38. The molecule has 1 saturated heterocycles. The van der Waals surface area contributed by atoms with Gasteiger partial charge < -0.3 is 9.84 Å². The van der Waals surface area contributed by atoms with Crippen molar-refractivity contribution in [3.63, 3.8) is 0 Å². The van der Waals surface area contributed by atoms with Crippen LogP contribution < -0.4 is 5.43 Å². The highest BCUT2D eigenvalue weighted by Gasteiger charge is 2.55. The van der Waals surface area contributed by atoms with Gasteiger partial charge in [-0.15, -0.1) is 0 Å². The highest BCUT2D eigenvalue weighted by atomic mass is 16.6. The molecule has 0 radical (unpaired) electrons. The fourth-order valence-corrected chi connectivity index (χ4v) is 3.60. The number of nitrogens with one attached hydrogen (secondary N) is 1. The van der Waals surface area contributed by atoms with E-state index in [2.05, 4.69) is 17.3 Å². The zero-order valence-electron chi connectivity index (χ0n) is 18.4. The minimum absolute atomic E-state index is 0.265. The second-order valence-corrected chi connectivity index (χ2v) is 8.50. The standard InChI is InChI=1S/C24H32N2O4/c1-6-12-20-17-21(22(28)30-23(3,4)5)26(25-18(2)27)24(20,29)16-11-10-15-19-13-8-7-9-14-19/h6-9,12-14,20-21,29H,11,16-17H2,1-5H3,(H,25,27)/b12-6-. The number of amides is 1. The number of hydrogen-bond acceptors (Lipinski definition) is 5. The summed E-state index contributed by atoms with van der Waals surface area (Å²) in [5, 5.41) is 12.9. The van der Waals surface area contributed by atoms with Crippen molar-refractivity contribution in [3.05, 3.63) is 48.0 Å². The lowest BCUT2D eigenvalue weighted by Crippen LogP contribution is -2.60. The Hall–Kier alpha value is -2.62. The Bertz CT molecular complexity index is 832. The highest BCUT2D eigenvalue weighted by Crippen LogP contribution is 2.41. The molecule has 0 spiro atoms. The Morgan fingerprint density at radius 1 is 1.33 bits per heavy atom. The van der Waals surface area contributed by atoms with E-state index in [1.165, 1.54) is 11.9 Å². The molecule has 1 heterocycles. The fraction of sp³-hybridized carbons (Fsp3) is 0.500. The molecule has 6 nitrogen and oxygen atoms in total. The lowest BCUT2D eigenvalue weighted by atomic mass is 9.91. The average molecular weight is 413 g/mol. The molecule has 162 valence electrons. The van der Waals surface area contributed by atoms with Crippen molar-refractivity contribution in [1.82, 2.24) is 10.4 Å². The van der Waals surface area contributed by atoms with E-state index >= 15 is 0 Å². The van der Waals surface area contributed by atoms with Gasteiger partial charge in [-0.1, -0.05) is 42.2 Å². The lowest BCUT2D eigenvalue weighted by molar-refractivity contribution is -0.180. The molecule has 1 aromatic carbocycles. The van der Waals surface area contributed by atoms with E-state index in [4.69, 9.17) is 4.74 Å². The zero-order chi connectivity index (χ0) is 22.4. The number of rotatable bonds is 5. The van der Waals surface area contributed by atoms with E-state index in [-0.39, 0.29) is 18.2 Å². The van der Waals surface area contributed by atoms with Crippen LogP contribution in [0.1, 0.15) is 59.4 Å². The number of ether oxygens (including phenoxy) is 1. The second kappa shape index (κ2) is 9.92. The third kappa shape index (κ3) is 6.19. The molecule has 2 rings (SSSR count). The van der Waals surface area contributed by atoms with Gasteiger partial charge in [-0.3, -0.25) is 15.0 Å². The molecule has 0 aromatic heterocycles. The summed E-state index contributed by atoms with van der Waals surface area (Å²) in [6.07, 6.45) is 4.71. The van der Waals surface area contributed by atoms with E-state index in [1.807, 2.05) is 49.4 Å². The Morgan fingerprint density at radius 2 is 2.00 bits per heavy atom. The molecular weight excluding hydrogens is 380 g/mol. The third-order valence-electron chi connectivity index (χ3n) is 4.81. The summed E-state index contributed by atoms with van der Waals surface area (Å²) >= 11 is 0. The number of nitrogens with zero attached hydrogens (tertiary/aromatic N) is 1. The summed E-state index contributed by atoms with van der Waals surface area (Å²) in [5.74, 6) is 4.97. The molecule has 1 amide bonds. The normalized spacial score (nSPS) is 24.3. The first-order chi connectivity index (χ1) is 14.1. The van der Waals surface area contributed by atoms with Gasteiger partial charge in [0.05, 0.1) is 0 Å². The van der Waals surface area contributed by atoms with Crippen LogP contribution in [0.4, 0.5) is 0 Å². The molecule has 2 N–H and O–H groups in total. The maximum atomic E-state index is 12.8. The first-order valence-electron chi connectivity index (χ1n) is 10.3. The van der Waals surface area contributed by atoms with Crippen LogP contribution in [0.2, 0.25) is 0 Å². The summed E-state index contributed by atoms with van der Waals surface area (Å²) in [7, 11) is 0. The van der Waals surface area contributed by atoms with Crippen molar-refractivity contribution in [1.29, 1.82) is 0 Å². The van der Waals surface area contributed by atoms with Crippen LogP contribution >= 0.6 is 0 Å². The molecule has 0 aliphatic carbocycles. The van der Waals surface area contributed by atoms with Gasteiger partial charge in [-0.25, -0.2) is 0 Å². The largest absolute Gasteiger partial charge is 0.459 e. The molecule has 3 unspecified atom stereocenters. The van der Waals surface area contributed by atoms with Crippen molar-refractivity contribution >= 4 is 11.9 Å². The Balaban J connectivity index is 2.27. The van der Waals surface area contributed by atoms with Crippen molar-refractivity contribution in [2.24, 2.45) is 5.92 Å². The molecule has 30 heavy (non-hydrogen) atoms. The van der Waals surface area contributed by atoms with Gasteiger partial charge in [0.2, 0.25) is 5.91 Å². The first-order valence-corrected chi connectivity index (χ1v) is 10.3. The quantitative estimate of drug-likeness (QED) is 0.441. The first kappa shape index (κ1) is 23.7. The predicted octanol–water partition coefficient (Wildman–Crippen LogP) is 3.17. The van der Waals surface area contributed by atoms with Crippen LogP contribution in [0, 0.1) is 17.8 Å². The summed E-state index contributed by atoms with van der Waals surface area (Å²) in [4.78, 5) is 24.7.